The van der Waals surface area contributed by atoms with Crippen molar-refractivity contribution in [2.45, 2.75) is 52.4 Å². The number of rotatable bonds is 1. The number of hydrogen-bond acceptors (Lipinski definition) is 3. The zero-order chi connectivity index (χ0) is 14.8. The molecular formula is C16H24O3. The van der Waals surface area contributed by atoms with E-state index in [9.17, 15) is 4.79 Å². The second kappa shape index (κ2) is 5.24. The Morgan fingerprint density at radius 2 is 1.32 bits per heavy atom. The molecule has 0 aliphatic heterocycles. The van der Waals surface area contributed by atoms with Gasteiger partial charge in [0.05, 0.1) is 7.11 Å². The predicted octanol–water partition coefficient (Wildman–Crippen LogP) is 4.43. The lowest BCUT2D eigenvalue weighted by Crippen LogP contribution is -2.17. The summed E-state index contributed by atoms with van der Waals surface area (Å²) in [6, 6.07) is 5.96. The minimum absolute atomic E-state index is 0.00447. The molecule has 19 heavy (non-hydrogen) atoms. The quantitative estimate of drug-likeness (QED) is 0.556. The molecule has 0 atom stereocenters. The van der Waals surface area contributed by atoms with Crippen molar-refractivity contribution in [3.05, 3.63) is 29.3 Å². The van der Waals surface area contributed by atoms with E-state index in [1.807, 2.05) is 12.1 Å². The molecule has 0 amide bonds. The monoisotopic (exact) mass is 264 g/mol. The zero-order valence-electron chi connectivity index (χ0n) is 13.0. The standard InChI is InChI=1S/C16H24O3/c1-15(2,3)11-8-12(16(4,5)6)10-13(9-11)19-14(17)18-7/h8-10H,1-7H3. The molecule has 0 N–H and O–H groups in total. The summed E-state index contributed by atoms with van der Waals surface area (Å²) >= 11 is 0. The zero-order valence-corrected chi connectivity index (χ0v) is 13.0. The van der Waals surface area contributed by atoms with Gasteiger partial charge in [0.25, 0.3) is 0 Å². The Morgan fingerprint density at radius 1 is 0.895 bits per heavy atom. The Labute approximate surface area is 115 Å². The summed E-state index contributed by atoms with van der Waals surface area (Å²) in [5.41, 5.74) is 2.27. The Kier molecular flexibility index (Phi) is 4.28. The van der Waals surface area contributed by atoms with E-state index in [1.165, 1.54) is 7.11 Å². The van der Waals surface area contributed by atoms with Crippen LogP contribution in [0.1, 0.15) is 52.7 Å². The van der Waals surface area contributed by atoms with Crippen molar-refractivity contribution < 1.29 is 14.3 Å². The number of carbonyl (C=O) groups is 1. The summed E-state index contributed by atoms with van der Waals surface area (Å²) < 4.78 is 9.72. The van der Waals surface area contributed by atoms with Crippen molar-refractivity contribution in [2.75, 3.05) is 7.11 Å². The SMILES string of the molecule is COC(=O)Oc1cc(C(C)(C)C)cc(C(C)(C)C)c1. The van der Waals surface area contributed by atoms with Crippen LogP contribution in [-0.2, 0) is 15.6 Å². The Bertz CT molecular complexity index is 430. The molecule has 3 nitrogen and oxygen atoms in total. The summed E-state index contributed by atoms with van der Waals surface area (Å²) in [6.45, 7) is 12.8. The highest BCUT2D eigenvalue weighted by atomic mass is 16.7. The summed E-state index contributed by atoms with van der Waals surface area (Å²) in [4.78, 5) is 11.3. The fourth-order valence-electron chi connectivity index (χ4n) is 1.66. The molecule has 0 aromatic heterocycles. The van der Waals surface area contributed by atoms with Crippen molar-refractivity contribution in [1.82, 2.24) is 0 Å². The lowest BCUT2D eigenvalue weighted by molar-refractivity contribution is 0.121. The molecule has 3 heteroatoms. The molecule has 0 saturated carbocycles. The predicted molar refractivity (Wildman–Crippen MR) is 76.9 cm³/mol. The second-order valence-electron chi connectivity index (χ2n) is 6.80. The maximum atomic E-state index is 11.3. The van der Waals surface area contributed by atoms with Gasteiger partial charge in [-0.3, -0.25) is 0 Å². The Balaban J connectivity index is 3.29. The third-order valence-corrected chi connectivity index (χ3v) is 3.01. The number of carbonyl (C=O) groups excluding carboxylic acids is 1. The van der Waals surface area contributed by atoms with Gasteiger partial charge >= 0.3 is 6.16 Å². The highest BCUT2D eigenvalue weighted by molar-refractivity contribution is 5.64. The molecule has 0 unspecified atom stereocenters. The van der Waals surface area contributed by atoms with Gasteiger partial charge in [0, 0.05) is 0 Å². The van der Waals surface area contributed by atoms with Crippen molar-refractivity contribution in [3.8, 4) is 5.75 Å². The van der Waals surface area contributed by atoms with Crippen molar-refractivity contribution in [3.63, 3.8) is 0 Å². The third kappa shape index (κ3) is 4.27. The third-order valence-electron chi connectivity index (χ3n) is 3.01. The van der Waals surface area contributed by atoms with Crippen molar-refractivity contribution in [2.24, 2.45) is 0 Å². The Hall–Kier alpha value is -1.51. The summed E-state index contributed by atoms with van der Waals surface area (Å²) in [6.07, 6.45) is -0.689. The summed E-state index contributed by atoms with van der Waals surface area (Å²) in [5.74, 6) is 0.532. The van der Waals surface area contributed by atoms with Gasteiger partial charge in [-0.1, -0.05) is 47.6 Å². The molecule has 0 aliphatic carbocycles. The molecule has 0 fully saturated rings. The number of methoxy groups -OCH3 is 1. The van der Waals surface area contributed by atoms with E-state index in [1.54, 1.807) is 0 Å². The molecule has 0 saturated heterocycles. The summed E-state index contributed by atoms with van der Waals surface area (Å²) in [5, 5.41) is 0. The van der Waals surface area contributed by atoms with Crippen LogP contribution in [0.25, 0.3) is 0 Å². The van der Waals surface area contributed by atoms with Crippen LogP contribution in [-0.4, -0.2) is 13.3 Å². The van der Waals surface area contributed by atoms with Crippen LogP contribution in [0.2, 0.25) is 0 Å². The van der Waals surface area contributed by atoms with Crippen LogP contribution in [0.4, 0.5) is 4.79 Å². The van der Waals surface area contributed by atoms with Crippen LogP contribution >= 0.6 is 0 Å². The molecule has 0 radical (unpaired) electrons. The molecular weight excluding hydrogens is 240 g/mol. The van der Waals surface area contributed by atoms with Gasteiger partial charge in [-0.2, -0.15) is 0 Å². The molecule has 106 valence electrons. The van der Waals surface area contributed by atoms with Gasteiger partial charge in [-0.15, -0.1) is 0 Å². The first-order valence-electron chi connectivity index (χ1n) is 6.46. The van der Waals surface area contributed by atoms with Crippen LogP contribution in [0.3, 0.4) is 0 Å². The highest BCUT2D eigenvalue weighted by Gasteiger charge is 2.21. The van der Waals surface area contributed by atoms with E-state index in [0.717, 1.165) is 11.1 Å². The summed E-state index contributed by atoms with van der Waals surface area (Å²) in [7, 11) is 1.31. The van der Waals surface area contributed by atoms with Gasteiger partial charge in [-0.05, 0) is 34.1 Å². The van der Waals surface area contributed by atoms with Crippen molar-refractivity contribution >= 4 is 6.16 Å². The minimum atomic E-state index is -0.689. The van der Waals surface area contributed by atoms with Gasteiger partial charge in [0.15, 0.2) is 0 Å². The smallest absolute Gasteiger partial charge is 0.437 e. The van der Waals surface area contributed by atoms with Crippen LogP contribution < -0.4 is 4.74 Å². The largest absolute Gasteiger partial charge is 0.513 e. The highest BCUT2D eigenvalue weighted by Crippen LogP contribution is 2.32. The van der Waals surface area contributed by atoms with Crippen LogP contribution in [0, 0.1) is 0 Å². The van der Waals surface area contributed by atoms with Crippen LogP contribution in [0.5, 0.6) is 5.75 Å². The van der Waals surface area contributed by atoms with Gasteiger partial charge < -0.3 is 9.47 Å². The van der Waals surface area contributed by atoms with Crippen LogP contribution in [0.15, 0.2) is 18.2 Å². The number of benzene rings is 1. The molecule has 0 bridgehead atoms. The lowest BCUT2D eigenvalue weighted by Gasteiger charge is -2.25. The van der Waals surface area contributed by atoms with Gasteiger partial charge in [0.2, 0.25) is 0 Å². The molecule has 0 spiro atoms. The van der Waals surface area contributed by atoms with E-state index < -0.39 is 6.16 Å². The average molecular weight is 264 g/mol. The molecule has 0 heterocycles. The topological polar surface area (TPSA) is 35.5 Å². The van der Waals surface area contributed by atoms with E-state index in [-0.39, 0.29) is 10.8 Å². The Morgan fingerprint density at radius 3 is 1.63 bits per heavy atom. The molecule has 1 aromatic rings. The van der Waals surface area contributed by atoms with E-state index in [0.29, 0.717) is 5.75 Å². The van der Waals surface area contributed by atoms with E-state index >= 15 is 0 Å². The normalized spacial score (nSPS) is 12.2. The second-order valence-corrected chi connectivity index (χ2v) is 6.80. The maximum absolute atomic E-state index is 11.3. The molecule has 0 aliphatic rings. The number of ether oxygens (including phenoxy) is 2. The first kappa shape index (κ1) is 15.5. The van der Waals surface area contributed by atoms with Gasteiger partial charge in [-0.25, -0.2) is 4.79 Å². The fourth-order valence-corrected chi connectivity index (χ4v) is 1.66. The lowest BCUT2D eigenvalue weighted by atomic mass is 9.80. The van der Waals surface area contributed by atoms with Gasteiger partial charge in [0.1, 0.15) is 5.75 Å². The fraction of sp³-hybridized carbons (Fsp3) is 0.562. The maximum Gasteiger partial charge on any atom is 0.513 e. The minimum Gasteiger partial charge on any atom is -0.437 e. The number of hydrogen-bond donors (Lipinski definition) is 0. The first-order chi connectivity index (χ1) is 8.54. The molecule has 1 rings (SSSR count). The van der Waals surface area contributed by atoms with E-state index in [2.05, 4.69) is 52.3 Å². The molecule has 1 aromatic carbocycles. The average Bonchev–Trinajstić information content (AvgIpc) is 2.26. The van der Waals surface area contributed by atoms with Crippen molar-refractivity contribution in [1.29, 1.82) is 0 Å². The van der Waals surface area contributed by atoms with E-state index in [4.69, 9.17) is 4.74 Å². The first-order valence-corrected chi connectivity index (χ1v) is 6.46.